The molecule has 0 heterocycles. The first-order valence-electron chi connectivity index (χ1n) is 4.19. The van der Waals surface area contributed by atoms with Gasteiger partial charge in [-0.2, -0.15) is 0 Å². The van der Waals surface area contributed by atoms with E-state index in [4.69, 9.17) is 5.73 Å². The van der Waals surface area contributed by atoms with Crippen LogP contribution in [-0.4, -0.2) is 19.0 Å². The average molecular weight is 542 g/mol. The largest absolute Gasteiger partial charge is 0.351 e. The van der Waals surface area contributed by atoms with Crippen molar-refractivity contribution in [1.29, 1.82) is 0 Å². The quantitative estimate of drug-likeness (QED) is 0.455. The van der Waals surface area contributed by atoms with Crippen molar-refractivity contribution in [2.45, 2.75) is 0 Å². The molecule has 1 amide bonds. The number of halogens is 3. The summed E-state index contributed by atoms with van der Waals surface area (Å²) in [4.78, 5) is 11.8. The highest BCUT2D eigenvalue weighted by atomic mass is 127. The lowest BCUT2D eigenvalue weighted by atomic mass is 10.2. The third-order valence-electron chi connectivity index (χ3n) is 1.67. The van der Waals surface area contributed by atoms with E-state index in [1.54, 1.807) is 0 Å². The molecule has 0 atom stereocenters. The maximum absolute atomic E-state index is 11.8. The van der Waals surface area contributed by atoms with Gasteiger partial charge in [0.2, 0.25) is 0 Å². The SMILES string of the molecule is NCCNC(=O)c1cc(I)cc(I)c1I. The Morgan fingerprint density at radius 1 is 1.33 bits per heavy atom. The third-order valence-corrected chi connectivity index (χ3v) is 5.34. The van der Waals surface area contributed by atoms with Crippen LogP contribution in [0.1, 0.15) is 10.4 Å². The van der Waals surface area contributed by atoms with E-state index >= 15 is 0 Å². The van der Waals surface area contributed by atoms with E-state index in [9.17, 15) is 4.79 Å². The molecule has 15 heavy (non-hydrogen) atoms. The zero-order chi connectivity index (χ0) is 11.4. The molecule has 0 unspecified atom stereocenters. The predicted molar refractivity (Wildman–Crippen MR) is 86.0 cm³/mol. The summed E-state index contributed by atoms with van der Waals surface area (Å²) < 4.78 is 3.15. The van der Waals surface area contributed by atoms with Crippen LogP contribution in [0.4, 0.5) is 0 Å². The monoisotopic (exact) mass is 542 g/mol. The zero-order valence-electron chi connectivity index (χ0n) is 7.69. The van der Waals surface area contributed by atoms with Gasteiger partial charge in [0.15, 0.2) is 0 Å². The van der Waals surface area contributed by atoms with E-state index in [0.717, 1.165) is 16.3 Å². The average Bonchev–Trinajstić information content (AvgIpc) is 2.19. The second-order valence-electron chi connectivity index (χ2n) is 2.79. The highest BCUT2D eigenvalue weighted by molar-refractivity contribution is 14.1. The van der Waals surface area contributed by atoms with E-state index in [-0.39, 0.29) is 5.91 Å². The molecule has 0 spiro atoms. The van der Waals surface area contributed by atoms with Gasteiger partial charge < -0.3 is 11.1 Å². The molecule has 0 saturated heterocycles. The first-order chi connectivity index (χ1) is 7.06. The molecule has 3 nitrogen and oxygen atoms in total. The number of carbonyl (C=O) groups excluding carboxylic acids is 1. The normalized spacial score (nSPS) is 10.1. The molecule has 0 saturated carbocycles. The van der Waals surface area contributed by atoms with Crippen LogP contribution in [0.15, 0.2) is 12.1 Å². The molecule has 3 N–H and O–H groups in total. The van der Waals surface area contributed by atoms with Crippen molar-refractivity contribution in [3.8, 4) is 0 Å². The van der Waals surface area contributed by atoms with Crippen LogP contribution in [0.25, 0.3) is 0 Å². The van der Waals surface area contributed by atoms with Crippen molar-refractivity contribution < 1.29 is 4.79 Å². The lowest BCUT2D eigenvalue weighted by Crippen LogP contribution is -2.29. The molecule has 0 fully saturated rings. The molecular formula is C9H9I3N2O. The van der Waals surface area contributed by atoms with Crippen LogP contribution in [0.5, 0.6) is 0 Å². The summed E-state index contributed by atoms with van der Waals surface area (Å²) >= 11 is 6.62. The van der Waals surface area contributed by atoms with Crippen molar-refractivity contribution in [2.24, 2.45) is 5.73 Å². The van der Waals surface area contributed by atoms with Crippen LogP contribution in [0.2, 0.25) is 0 Å². The molecule has 1 rings (SSSR count). The minimum atomic E-state index is -0.0544. The summed E-state index contributed by atoms with van der Waals surface area (Å²) in [5.74, 6) is -0.0544. The number of carbonyl (C=O) groups is 1. The standard InChI is InChI=1S/C9H9I3N2O/c10-5-3-6(8(12)7(11)4-5)9(15)14-2-1-13/h3-4H,1-2,13H2,(H,14,15). The molecule has 0 aliphatic rings. The zero-order valence-corrected chi connectivity index (χ0v) is 14.2. The van der Waals surface area contributed by atoms with Gasteiger partial charge in [-0.25, -0.2) is 0 Å². The van der Waals surface area contributed by atoms with Gasteiger partial charge >= 0.3 is 0 Å². The molecule has 0 bridgehead atoms. The number of rotatable bonds is 3. The van der Waals surface area contributed by atoms with E-state index in [2.05, 4.69) is 73.1 Å². The maximum atomic E-state index is 11.8. The van der Waals surface area contributed by atoms with Crippen LogP contribution >= 0.6 is 67.8 Å². The van der Waals surface area contributed by atoms with Crippen LogP contribution in [0.3, 0.4) is 0 Å². The van der Waals surface area contributed by atoms with Gasteiger partial charge in [0, 0.05) is 23.8 Å². The first kappa shape index (κ1) is 13.9. The van der Waals surface area contributed by atoms with E-state index in [1.165, 1.54) is 0 Å². The second kappa shape index (κ2) is 6.55. The Bertz CT molecular complexity index is 382. The molecule has 0 aliphatic heterocycles. The van der Waals surface area contributed by atoms with Crippen molar-refractivity contribution in [3.63, 3.8) is 0 Å². The number of amides is 1. The predicted octanol–water partition coefficient (Wildman–Crippen LogP) is 2.19. The smallest absolute Gasteiger partial charge is 0.252 e. The summed E-state index contributed by atoms with van der Waals surface area (Å²) in [7, 11) is 0. The maximum Gasteiger partial charge on any atom is 0.252 e. The van der Waals surface area contributed by atoms with Crippen molar-refractivity contribution in [1.82, 2.24) is 5.32 Å². The van der Waals surface area contributed by atoms with Crippen LogP contribution in [-0.2, 0) is 0 Å². The minimum absolute atomic E-state index is 0.0544. The van der Waals surface area contributed by atoms with Gasteiger partial charge in [-0.15, -0.1) is 0 Å². The van der Waals surface area contributed by atoms with Crippen molar-refractivity contribution >= 4 is 73.7 Å². The Balaban J connectivity index is 2.98. The summed E-state index contributed by atoms with van der Waals surface area (Å²) in [6.45, 7) is 0.973. The number of hydrogen-bond donors (Lipinski definition) is 2. The van der Waals surface area contributed by atoms with Gasteiger partial charge in [0.1, 0.15) is 0 Å². The first-order valence-corrected chi connectivity index (χ1v) is 7.42. The fourth-order valence-corrected chi connectivity index (χ4v) is 3.40. The summed E-state index contributed by atoms with van der Waals surface area (Å²) in [6, 6.07) is 3.93. The number of nitrogens with one attached hydrogen (secondary N) is 1. The Kier molecular flexibility index (Phi) is 6.07. The van der Waals surface area contributed by atoms with Crippen LogP contribution in [0, 0.1) is 10.7 Å². The van der Waals surface area contributed by atoms with Crippen LogP contribution < -0.4 is 11.1 Å². The summed E-state index contributed by atoms with van der Waals surface area (Å²) in [5.41, 5.74) is 6.06. The summed E-state index contributed by atoms with van der Waals surface area (Å²) in [5, 5.41) is 2.77. The molecular weight excluding hydrogens is 533 g/mol. The fraction of sp³-hybridized carbons (Fsp3) is 0.222. The number of nitrogens with two attached hydrogens (primary N) is 1. The third kappa shape index (κ3) is 3.97. The van der Waals surface area contributed by atoms with Crippen molar-refractivity contribution in [3.05, 3.63) is 28.4 Å². The molecule has 1 aromatic carbocycles. The van der Waals surface area contributed by atoms with Crippen molar-refractivity contribution in [2.75, 3.05) is 13.1 Å². The lowest BCUT2D eigenvalue weighted by molar-refractivity contribution is 0.0953. The second-order valence-corrected chi connectivity index (χ2v) is 6.28. The highest BCUT2D eigenvalue weighted by Gasteiger charge is 2.12. The molecule has 0 aliphatic carbocycles. The Hall–Kier alpha value is 0.840. The topological polar surface area (TPSA) is 55.1 Å². The number of hydrogen-bond acceptors (Lipinski definition) is 2. The number of benzene rings is 1. The molecule has 0 radical (unpaired) electrons. The Labute approximate surface area is 129 Å². The minimum Gasteiger partial charge on any atom is -0.351 e. The fourth-order valence-electron chi connectivity index (χ4n) is 1.00. The van der Waals surface area contributed by atoms with E-state index < -0.39 is 0 Å². The summed E-state index contributed by atoms with van der Waals surface area (Å²) in [6.07, 6.45) is 0. The Morgan fingerprint density at radius 2 is 2.00 bits per heavy atom. The molecule has 6 heteroatoms. The van der Waals surface area contributed by atoms with E-state index in [1.807, 2.05) is 12.1 Å². The van der Waals surface area contributed by atoms with Gasteiger partial charge in [-0.3, -0.25) is 4.79 Å². The molecule has 0 aromatic heterocycles. The highest BCUT2D eigenvalue weighted by Crippen LogP contribution is 2.22. The van der Waals surface area contributed by atoms with Gasteiger partial charge in [0.05, 0.1) is 5.56 Å². The molecule has 1 aromatic rings. The van der Waals surface area contributed by atoms with E-state index in [0.29, 0.717) is 13.1 Å². The van der Waals surface area contributed by atoms with Gasteiger partial charge in [0.25, 0.3) is 5.91 Å². The Morgan fingerprint density at radius 3 is 2.60 bits per heavy atom. The van der Waals surface area contributed by atoms with Gasteiger partial charge in [-0.1, -0.05) is 0 Å². The lowest BCUT2D eigenvalue weighted by Gasteiger charge is -2.07. The molecule has 82 valence electrons. The van der Waals surface area contributed by atoms with Gasteiger partial charge in [-0.05, 0) is 79.9 Å².